The van der Waals surface area contributed by atoms with E-state index in [4.69, 9.17) is 7.85 Å². The molecule has 0 atom stereocenters. The van der Waals surface area contributed by atoms with Crippen LogP contribution in [0.15, 0.2) is 0 Å². The molecule has 0 saturated heterocycles. The highest BCUT2D eigenvalue weighted by Crippen LogP contribution is 2.42. The van der Waals surface area contributed by atoms with Crippen LogP contribution in [0.2, 0.25) is 0 Å². The molecule has 0 heterocycles. The van der Waals surface area contributed by atoms with E-state index >= 15 is 0 Å². The minimum atomic E-state index is -0.398. The first-order valence-electron chi connectivity index (χ1n) is 4.22. The molecule has 1 N–H and O–H groups in total. The second-order valence-electron chi connectivity index (χ2n) is 3.42. The Kier molecular flexibility index (Phi) is 2.58. The lowest BCUT2D eigenvalue weighted by atomic mass is 9.67. The summed E-state index contributed by atoms with van der Waals surface area (Å²) in [4.78, 5) is 10.4. The summed E-state index contributed by atoms with van der Waals surface area (Å²) in [5.41, 5.74) is 0.384. The van der Waals surface area contributed by atoms with Crippen LogP contribution in [0.3, 0.4) is 0 Å². The zero-order valence-electron chi connectivity index (χ0n) is 7.02. The first kappa shape index (κ1) is 8.63. The summed E-state index contributed by atoms with van der Waals surface area (Å²) in [5.74, 6) is -0.398. The van der Waals surface area contributed by atoms with Crippen molar-refractivity contribution in [3.63, 3.8) is 0 Å². The molecule has 60 valence electrons. The summed E-state index contributed by atoms with van der Waals surface area (Å²) in [5, 5.41) is 2.68. The van der Waals surface area contributed by atoms with Crippen molar-refractivity contribution in [2.24, 2.45) is 5.41 Å². The van der Waals surface area contributed by atoms with Crippen LogP contribution < -0.4 is 5.32 Å². The van der Waals surface area contributed by atoms with Gasteiger partial charge in [-0.2, -0.15) is 0 Å². The van der Waals surface area contributed by atoms with Crippen LogP contribution in [-0.4, -0.2) is 20.2 Å². The zero-order valence-corrected chi connectivity index (χ0v) is 7.02. The minimum absolute atomic E-state index is 0.384. The maximum Gasteiger partial charge on any atom is 0.200 e. The molecule has 2 radical (unpaired) electrons. The third-order valence-electron chi connectivity index (χ3n) is 2.80. The second kappa shape index (κ2) is 3.29. The maximum atomic E-state index is 10.4. The highest BCUT2D eigenvalue weighted by molar-refractivity contribution is 6.57. The Morgan fingerprint density at radius 3 is 2.55 bits per heavy atom. The van der Waals surface area contributed by atoms with E-state index in [0.717, 1.165) is 13.0 Å². The second-order valence-corrected chi connectivity index (χ2v) is 3.42. The van der Waals surface area contributed by atoms with Gasteiger partial charge in [0.05, 0.1) is 0 Å². The topological polar surface area (TPSA) is 29.1 Å². The molecule has 2 nitrogen and oxygen atoms in total. The predicted octanol–water partition coefficient (Wildman–Crippen LogP) is 1.44. The standard InChI is InChI=1S/C8H14BNO/c1-2-8(4-3-5-8)6-10-7(9)11/h2-6H2,1H3,(H,10,11). The molecule has 0 aromatic rings. The SMILES string of the molecule is [B]C(=O)NCC1(CC)CCC1. The first-order chi connectivity index (χ1) is 5.18. The molecule has 11 heavy (non-hydrogen) atoms. The Morgan fingerprint density at radius 1 is 1.64 bits per heavy atom. The summed E-state index contributed by atoms with van der Waals surface area (Å²) >= 11 is 0. The van der Waals surface area contributed by atoms with E-state index in [-0.39, 0.29) is 0 Å². The van der Waals surface area contributed by atoms with Gasteiger partial charge < -0.3 is 5.32 Å². The molecular weight excluding hydrogens is 137 g/mol. The van der Waals surface area contributed by atoms with Gasteiger partial charge in [-0.25, -0.2) is 0 Å². The van der Waals surface area contributed by atoms with E-state index in [9.17, 15) is 4.79 Å². The van der Waals surface area contributed by atoms with Crippen LogP contribution >= 0.6 is 0 Å². The van der Waals surface area contributed by atoms with Crippen molar-refractivity contribution < 1.29 is 4.79 Å². The Hall–Kier alpha value is -0.465. The van der Waals surface area contributed by atoms with E-state index in [1.165, 1.54) is 19.3 Å². The fraction of sp³-hybridized carbons (Fsp3) is 0.875. The van der Waals surface area contributed by atoms with Crippen LogP contribution in [0.5, 0.6) is 0 Å². The molecule has 1 aliphatic rings. The average Bonchev–Trinajstić information content (AvgIpc) is 1.86. The summed E-state index contributed by atoms with van der Waals surface area (Å²) in [6.07, 6.45) is 4.93. The Morgan fingerprint density at radius 2 is 2.27 bits per heavy atom. The maximum absolute atomic E-state index is 10.4. The quantitative estimate of drug-likeness (QED) is 0.607. The van der Waals surface area contributed by atoms with Crippen molar-refractivity contribution in [2.45, 2.75) is 32.6 Å². The van der Waals surface area contributed by atoms with Crippen LogP contribution in [0.1, 0.15) is 32.6 Å². The van der Waals surface area contributed by atoms with E-state index in [1.54, 1.807) is 0 Å². The van der Waals surface area contributed by atoms with Gasteiger partial charge >= 0.3 is 0 Å². The highest BCUT2D eigenvalue weighted by Gasteiger charge is 2.34. The molecule has 0 aliphatic heterocycles. The summed E-state index contributed by atoms with van der Waals surface area (Å²) in [6.45, 7) is 2.93. The largest absolute Gasteiger partial charge is 0.365 e. The van der Waals surface area contributed by atoms with Gasteiger partial charge in [-0.1, -0.05) is 13.3 Å². The van der Waals surface area contributed by atoms with Gasteiger partial charge in [0.2, 0.25) is 0 Å². The smallest absolute Gasteiger partial charge is 0.200 e. The molecule has 1 saturated carbocycles. The number of amides is 1. The normalized spacial score (nSPS) is 20.5. The van der Waals surface area contributed by atoms with Gasteiger partial charge in [-0.05, 0) is 24.7 Å². The third kappa shape index (κ3) is 1.98. The van der Waals surface area contributed by atoms with Gasteiger partial charge in [0.25, 0.3) is 0 Å². The zero-order chi connectivity index (χ0) is 8.32. The minimum Gasteiger partial charge on any atom is -0.365 e. The summed E-state index contributed by atoms with van der Waals surface area (Å²) in [7, 11) is 4.98. The molecule has 3 heteroatoms. The van der Waals surface area contributed by atoms with Crippen molar-refractivity contribution in [1.29, 1.82) is 0 Å². The molecule has 1 fully saturated rings. The van der Waals surface area contributed by atoms with Gasteiger partial charge in [-0.3, -0.25) is 4.79 Å². The van der Waals surface area contributed by atoms with Crippen molar-refractivity contribution in [3.05, 3.63) is 0 Å². The fourth-order valence-electron chi connectivity index (χ4n) is 1.61. The number of hydrogen-bond donors (Lipinski definition) is 1. The molecule has 0 aromatic heterocycles. The van der Waals surface area contributed by atoms with Gasteiger partial charge in [0.1, 0.15) is 0 Å². The lowest BCUT2D eigenvalue weighted by Gasteiger charge is -2.41. The predicted molar refractivity (Wildman–Crippen MR) is 45.7 cm³/mol. The Labute approximate surface area is 69.2 Å². The molecule has 1 rings (SSSR count). The molecule has 0 bridgehead atoms. The number of nitrogens with one attached hydrogen (secondary N) is 1. The number of carbonyl (C=O) groups excluding carboxylic acids is 1. The third-order valence-corrected chi connectivity index (χ3v) is 2.80. The Balaban J connectivity index is 2.27. The van der Waals surface area contributed by atoms with E-state index in [2.05, 4.69) is 12.2 Å². The van der Waals surface area contributed by atoms with Crippen LogP contribution in [0.25, 0.3) is 0 Å². The van der Waals surface area contributed by atoms with Crippen LogP contribution in [-0.2, 0) is 0 Å². The lowest BCUT2D eigenvalue weighted by Crippen LogP contribution is -2.41. The van der Waals surface area contributed by atoms with Crippen molar-refractivity contribution in [1.82, 2.24) is 5.32 Å². The molecule has 0 unspecified atom stereocenters. The first-order valence-corrected chi connectivity index (χ1v) is 4.22. The van der Waals surface area contributed by atoms with E-state index in [1.807, 2.05) is 0 Å². The average molecular weight is 151 g/mol. The molecule has 1 amide bonds. The highest BCUT2D eigenvalue weighted by atomic mass is 16.1. The van der Waals surface area contributed by atoms with E-state index in [0.29, 0.717) is 5.41 Å². The van der Waals surface area contributed by atoms with Crippen LogP contribution in [0.4, 0.5) is 4.79 Å². The fourth-order valence-corrected chi connectivity index (χ4v) is 1.61. The van der Waals surface area contributed by atoms with Gasteiger partial charge in [-0.15, -0.1) is 0 Å². The van der Waals surface area contributed by atoms with Crippen molar-refractivity contribution >= 4 is 13.7 Å². The number of carbonyl (C=O) groups is 1. The Bertz CT molecular complexity index is 149. The van der Waals surface area contributed by atoms with Gasteiger partial charge in [0, 0.05) is 6.54 Å². The monoisotopic (exact) mass is 151 g/mol. The van der Waals surface area contributed by atoms with Crippen molar-refractivity contribution in [2.75, 3.05) is 6.54 Å². The van der Waals surface area contributed by atoms with Crippen molar-refractivity contribution in [3.8, 4) is 0 Å². The van der Waals surface area contributed by atoms with Crippen LogP contribution in [0, 0.1) is 5.41 Å². The molecule has 1 aliphatic carbocycles. The molecule has 0 spiro atoms. The number of rotatable bonds is 3. The number of hydrogen-bond acceptors (Lipinski definition) is 1. The summed E-state index contributed by atoms with van der Waals surface area (Å²) < 4.78 is 0. The summed E-state index contributed by atoms with van der Waals surface area (Å²) in [6, 6.07) is 0. The lowest BCUT2D eigenvalue weighted by molar-refractivity contribution is 0.128. The molecular formula is C8H14BNO. The molecule has 0 aromatic carbocycles. The van der Waals surface area contributed by atoms with E-state index < -0.39 is 5.81 Å². The van der Waals surface area contributed by atoms with Gasteiger partial charge in [0.15, 0.2) is 13.7 Å².